The molecule has 4 amide bonds. The monoisotopic (exact) mass is 738 g/mol. The maximum atomic E-state index is 13.2. The van der Waals surface area contributed by atoms with E-state index in [0.717, 1.165) is 0 Å². The molecule has 268 valence electrons. The molecule has 14 nitrogen and oxygen atoms in total. The molecule has 2 aromatic carbocycles. The summed E-state index contributed by atoms with van der Waals surface area (Å²) in [4.78, 5) is 65.0. The van der Waals surface area contributed by atoms with Crippen molar-refractivity contribution in [3.63, 3.8) is 0 Å². The van der Waals surface area contributed by atoms with Gasteiger partial charge in [-0.15, -0.1) is 0 Å². The summed E-state index contributed by atoms with van der Waals surface area (Å²) in [5.74, 6) is -1.97. The lowest BCUT2D eigenvalue weighted by atomic mass is 9.95. The molecule has 0 saturated carbocycles. The average molecular weight is 740 g/mol. The third-order valence-corrected chi connectivity index (χ3v) is 8.75. The smallest absolute Gasteiger partial charge is 0.338 e. The first-order valence-electron chi connectivity index (χ1n) is 16.0. The lowest BCUT2D eigenvalue weighted by Gasteiger charge is -2.29. The number of amides is 4. The van der Waals surface area contributed by atoms with Gasteiger partial charge in [0.1, 0.15) is 6.61 Å². The van der Waals surface area contributed by atoms with Crippen molar-refractivity contribution in [2.45, 2.75) is 52.7 Å². The van der Waals surface area contributed by atoms with Crippen LogP contribution in [0.4, 0.5) is 9.59 Å². The van der Waals surface area contributed by atoms with Crippen LogP contribution in [0, 0.1) is 13.8 Å². The number of carbonyl (C=O) groups excluding carboxylic acids is 5. The van der Waals surface area contributed by atoms with Crippen molar-refractivity contribution >= 4 is 53.2 Å². The number of aryl methyl sites for hydroxylation is 1. The minimum absolute atomic E-state index is 0.0196. The van der Waals surface area contributed by atoms with E-state index in [1.54, 1.807) is 80.9 Å². The summed E-state index contributed by atoms with van der Waals surface area (Å²) in [6, 6.07) is 10.5. The number of nitrogens with zero attached hydrogens (tertiary/aromatic N) is 2. The van der Waals surface area contributed by atoms with E-state index in [1.807, 2.05) is 0 Å². The molecule has 0 bridgehead atoms. The zero-order valence-electron chi connectivity index (χ0n) is 28.2. The molecule has 2 aliphatic heterocycles. The SMILES string of the molecule is CCOC(=O)C1=C(COC(=O)Cc2c(C)nn(CC3=C(C(=O)OCC)[C@@H](c4ccc(Cl)cc4)NC(=O)N3)c2C)NC(=O)N[C@H]1c1ccc(Cl)cc1. The molecule has 0 aliphatic carbocycles. The number of aromatic nitrogens is 2. The minimum Gasteiger partial charge on any atom is -0.463 e. The highest BCUT2D eigenvalue weighted by Gasteiger charge is 2.36. The third-order valence-electron chi connectivity index (χ3n) is 8.24. The zero-order chi connectivity index (χ0) is 36.8. The van der Waals surface area contributed by atoms with Crippen molar-refractivity contribution in [3.05, 3.63) is 109 Å². The lowest BCUT2D eigenvalue weighted by Crippen LogP contribution is -2.47. The maximum Gasteiger partial charge on any atom is 0.338 e. The number of esters is 3. The molecule has 0 spiro atoms. The summed E-state index contributed by atoms with van der Waals surface area (Å²) in [7, 11) is 0. The summed E-state index contributed by atoms with van der Waals surface area (Å²) in [5.41, 5.74) is 3.47. The van der Waals surface area contributed by atoms with Crippen molar-refractivity contribution in [1.29, 1.82) is 0 Å². The zero-order valence-corrected chi connectivity index (χ0v) is 29.7. The second-order valence-corrected chi connectivity index (χ2v) is 12.4. The van der Waals surface area contributed by atoms with Gasteiger partial charge in [-0.2, -0.15) is 5.10 Å². The van der Waals surface area contributed by atoms with E-state index in [1.165, 1.54) is 0 Å². The Morgan fingerprint density at radius 1 is 0.745 bits per heavy atom. The van der Waals surface area contributed by atoms with E-state index >= 15 is 0 Å². The molecule has 16 heteroatoms. The molecular formula is C35H36Cl2N6O8. The topological polar surface area (TPSA) is 179 Å². The Bertz CT molecular complexity index is 1920. The lowest BCUT2D eigenvalue weighted by molar-refractivity contribution is -0.143. The first-order chi connectivity index (χ1) is 24.4. The van der Waals surface area contributed by atoms with Crippen molar-refractivity contribution in [3.8, 4) is 0 Å². The first kappa shape index (κ1) is 36.9. The van der Waals surface area contributed by atoms with Gasteiger partial charge in [-0.25, -0.2) is 19.2 Å². The number of rotatable bonds is 12. The standard InChI is InChI=1S/C35H36Cl2N6O8/c1-5-49-32(45)28-25(38-34(47)40-30(28)20-7-11-22(36)12-8-20)16-43-19(4)24(18(3)42-43)15-27(44)51-17-26-29(33(46)50-6-2)31(41-35(48)39-26)21-9-13-23(37)14-10-21/h7-14,30-31H,5-6,15-17H2,1-4H3,(H2,38,40,47)(H2,39,41,48)/t30-,31+/m1/s1. The van der Waals surface area contributed by atoms with Crippen LogP contribution in [-0.4, -0.2) is 59.6 Å². The Morgan fingerprint density at radius 2 is 1.22 bits per heavy atom. The van der Waals surface area contributed by atoms with E-state index in [-0.39, 0.29) is 48.7 Å². The molecule has 1 aromatic heterocycles. The van der Waals surface area contributed by atoms with Crippen molar-refractivity contribution in [2.75, 3.05) is 19.8 Å². The Labute approximate surface area is 303 Å². The molecule has 51 heavy (non-hydrogen) atoms. The van der Waals surface area contributed by atoms with Crippen LogP contribution in [0.1, 0.15) is 54.0 Å². The summed E-state index contributed by atoms with van der Waals surface area (Å²) in [6.07, 6.45) is -0.197. The van der Waals surface area contributed by atoms with E-state index in [2.05, 4.69) is 26.4 Å². The highest BCUT2D eigenvalue weighted by molar-refractivity contribution is 6.30. The van der Waals surface area contributed by atoms with Crippen LogP contribution in [-0.2, 0) is 41.6 Å². The third kappa shape index (κ3) is 8.52. The van der Waals surface area contributed by atoms with Crippen LogP contribution in [0.5, 0.6) is 0 Å². The highest BCUT2D eigenvalue weighted by atomic mass is 35.5. The molecule has 4 N–H and O–H groups in total. The van der Waals surface area contributed by atoms with Gasteiger partial charge in [0.15, 0.2) is 0 Å². The number of halogens is 2. The normalized spacial score (nSPS) is 17.2. The maximum absolute atomic E-state index is 13.2. The summed E-state index contributed by atoms with van der Waals surface area (Å²) in [5, 5.41) is 16.3. The molecule has 2 aliphatic rings. The van der Waals surface area contributed by atoms with Gasteiger partial charge in [0, 0.05) is 21.3 Å². The van der Waals surface area contributed by atoms with Crippen LogP contribution in [0.15, 0.2) is 71.1 Å². The number of hydrogen-bond donors (Lipinski definition) is 4. The molecule has 0 fully saturated rings. The van der Waals surface area contributed by atoms with Crippen molar-refractivity contribution in [2.24, 2.45) is 0 Å². The van der Waals surface area contributed by atoms with Crippen LogP contribution in [0.3, 0.4) is 0 Å². The van der Waals surface area contributed by atoms with E-state index in [0.29, 0.717) is 38.1 Å². The fourth-order valence-electron chi connectivity index (χ4n) is 5.83. The number of carbonyl (C=O) groups is 5. The van der Waals surface area contributed by atoms with Gasteiger partial charge >= 0.3 is 30.0 Å². The van der Waals surface area contributed by atoms with Crippen LogP contribution < -0.4 is 21.3 Å². The number of hydrogen-bond acceptors (Lipinski definition) is 9. The number of urea groups is 2. The molecule has 0 unspecified atom stereocenters. The van der Waals surface area contributed by atoms with Crippen LogP contribution in [0.25, 0.3) is 0 Å². The Balaban J connectivity index is 1.38. The van der Waals surface area contributed by atoms with Gasteiger partial charge in [0.25, 0.3) is 0 Å². The van der Waals surface area contributed by atoms with E-state index in [9.17, 15) is 24.0 Å². The second kappa shape index (κ2) is 16.1. The highest BCUT2D eigenvalue weighted by Crippen LogP contribution is 2.31. The minimum atomic E-state index is -0.880. The largest absolute Gasteiger partial charge is 0.463 e. The first-order valence-corrected chi connectivity index (χ1v) is 16.8. The molecule has 5 rings (SSSR count). The molecule has 3 heterocycles. The van der Waals surface area contributed by atoms with Crippen LogP contribution in [0.2, 0.25) is 10.0 Å². The van der Waals surface area contributed by atoms with Gasteiger partial charge < -0.3 is 35.5 Å². The Kier molecular flexibility index (Phi) is 11.7. The van der Waals surface area contributed by atoms with Crippen LogP contribution >= 0.6 is 23.2 Å². The van der Waals surface area contributed by atoms with E-state index < -0.39 is 48.7 Å². The second-order valence-electron chi connectivity index (χ2n) is 11.5. The molecule has 3 aromatic rings. The van der Waals surface area contributed by atoms with Gasteiger partial charge in [0.2, 0.25) is 0 Å². The fourth-order valence-corrected chi connectivity index (χ4v) is 6.08. The average Bonchev–Trinajstić information content (AvgIpc) is 3.34. The van der Waals surface area contributed by atoms with Gasteiger partial charge in [-0.05, 0) is 63.1 Å². The van der Waals surface area contributed by atoms with Gasteiger partial charge in [0.05, 0.1) is 66.5 Å². The predicted octanol–water partition coefficient (Wildman–Crippen LogP) is 4.64. The molecular weight excluding hydrogens is 703 g/mol. The number of allylic oxidation sites excluding steroid dienone is 1. The van der Waals surface area contributed by atoms with Crippen molar-refractivity contribution in [1.82, 2.24) is 31.0 Å². The van der Waals surface area contributed by atoms with E-state index in [4.69, 9.17) is 37.4 Å². The van der Waals surface area contributed by atoms with Gasteiger partial charge in [-0.1, -0.05) is 47.5 Å². The number of nitrogens with one attached hydrogen (secondary N) is 4. The fraction of sp³-hybridized carbons (Fsp3) is 0.314. The summed E-state index contributed by atoms with van der Waals surface area (Å²) in [6.45, 7) is 6.56. The molecule has 0 radical (unpaired) electrons. The number of ether oxygens (including phenoxy) is 3. The quantitative estimate of drug-likeness (QED) is 0.152. The summed E-state index contributed by atoms with van der Waals surface area (Å²) < 4.78 is 17.8. The van der Waals surface area contributed by atoms with Gasteiger partial charge in [-0.3, -0.25) is 9.48 Å². The molecule has 2 atom stereocenters. The predicted molar refractivity (Wildman–Crippen MR) is 185 cm³/mol. The summed E-state index contributed by atoms with van der Waals surface area (Å²) >= 11 is 12.1. The van der Waals surface area contributed by atoms with Crippen molar-refractivity contribution < 1.29 is 38.2 Å². The Morgan fingerprint density at radius 3 is 1.71 bits per heavy atom. The Hall–Kier alpha value is -5.34. The molecule has 0 saturated heterocycles. The number of benzene rings is 2.